The van der Waals surface area contributed by atoms with Crippen molar-refractivity contribution in [3.63, 3.8) is 0 Å². The Kier molecular flexibility index (Phi) is 6.12. The van der Waals surface area contributed by atoms with Crippen LogP contribution in [-0.4, -0.2) is 21.5 Å². The summed E-state index contributed by atoms with van der Waals surface area (Å²) in [6.45, 7) is 0. The molecule has 0 bridgehead atoms. The van der Waals surface area contributed by atoms with Crippen LogP contribution in [0, 0.1) is 23.1 Å². The Morgan fingerprint density at radius 2 is 1.89 bits per heavy atom. The highest BCUT2D eigenvalue weighted by atomic mass is 35.5. The number of hydrogen-bond donors (Lipinski definition) is 1. The highest BCUT2D eigenvalue weighted by Crippen LogP contribution is 2.44. The average Bonchev–Trinajstić information content (AvgIpc) is 3.26. The normalized spacial score (nSPS) is 12.7. The summed E-state index contributed by atoms with van der Waals surface area (Å²) >= 11 is 7.77. The Bertz CT molecular complexity index is 1510. The molecule has 1 atom stereocenters. The molecular formula is C26H16ClFN4O2S. The van der Waals surface area contributed by atoms with Gasteiger partial charge in [-0.3, -0.25) is 9.59 Å². The van der Waals surface area contributed by atoms with Crippen molar-refractivity contribution in [2.45, 2.75) is 10.6 Å². The third-order valence-electron chi connectivity index (χ3n) is 5.55. The van der Waals surface area contributed by atoms with E-state index < -0.39 is 23.4 Å². The molecule has 1 aliphatic rings. The first-order chi connectivity index (χ1) is 17.0. The highest BCUT2D eigenvalue weighted by Gasteiger charge is 2.35. The second-order valence-corrected chi connectivity index (χ2v) is 9.23. The summed E-state index contributed by atoms with van der Waals surface area (Å²) in [5, 5.41) is 17.3. The van der Waals surface area contributed by atoms with E-state index >= 15 is 0 Å². The predicted octanol–water partition coefficient (Wildman–Crippen LogP) is 5.90. The molecular weight excluding hydrogens is 487 g/mol. The first-order valence-electron chi connectivity index (χ1n) is 10.6. The topological polar surface area (TPSA) is 87.8 Å². The molecule has 4 aromatic rings. The zero-order valence-electron chi connectivity index (χ0n) is 18.0. The van der Waals surface area contributed by atoms with Gasteiger partial charge in [-0.15, -0.1) is 11.8 Å². The van der Waals surface area contributed by atoms with E-state index in [9.17, 15) is 19.2 Å². The monoisotopic (exact) mass is 502 g/mol. The van der Waals surface area contributed by atoms with E-state index in [2.05, 4.69) is 10.4 Å². The van der Waals surface area contributed by atoms with Crippen LogP contribution in [0.2, 0.25) is 5.02 Å². The maximum absolute atomic E-state index is 13.5. The van der Waals surface area contributed by atoms with E-state index in [0.29, 0.717) is 22.0 Å². The molecule has 0 radical (unpaired) electrons. The smallest absolute Gasteiger partial charge is 0.249 e. The molecule has 9 heteroatoms. The number of amides is 1. The molecule has 1 aliphatic heterocycles. The fourth-order valence-corrected chi connectivity index (χ4v) is 5.17. The molecule has 1 N–H and O–H groups in total. The van der Waals surface area contributed by atoms with Crippen LogP contribution in [-0.2, 0) is 10.5 Å². The summed E-state index contributed by atoms with van der Waals surface area (Å²) in [4.78, 5) is 27.4. The molecule has 35 heavy (non-hydrogen) atoms. The number of nitrogens with one attached hydrogen (secondary N) is 1. The fraction of sp³-hybridized carbons (Fsp3) is 0.0769. The van der Waals surface area contributed by atoms with E-state index in [-0.39, 0.29) is 11.4 Å². The number of anilines is 1. The van der Waals surface area contributed by atoms with Gasteiger partial charge in [-0.05, 0) is 48.5 Å². The molecule has 0 saturated carbocycles. The SMILES string of the molecule is N#CC(C(=O)Nc1ccc(F)cc1)C(=O)c1nn(-c2cccc(Cl)c2)c2c1CSc1ccccc1-2. The number of halogens is 2. The maximum Gasteiger partial charge on any atom is 0.249 e. The van der Waals surface area contributed by atoms with E-state index in [1.807, 2.05) is 30.3 Å². The van der Waals surface area contributed by atoms with Gasteiger partial charge >= 0.3 is 0 Å². The fourth-order valence-electron chi connectivity index (χ4n) is 3.92. The number of thioether (sulfide) groups is 1. The number of carbonyl (C=O) groups excluding carboxylic acids is 2. The van der Waals surface area contributed by atoms with E-state index in [1.165, 1.54) is 24.3 Å². The number of carbonyl (C=O) groups is 2. The summed E-state index contributed by atoms with van der Waals surface area (Å²) in [5.41, 5.74) is 3.26. The molecule has 0 fully saturated rings. The minimum absolute atomic E-state index is 0.0581. The lowest BCUT2D eigenvalue weighted by molar-refractivity contribution is -0.117. The van der Waals surface area contributed by atoms with Crippen molar-refractivity contribution in [3.8, 4) is 23.0 Å². The van der Waals surface area contributed by atoms with Crippen LogP contribution < -0.4 is 5.32 Å². The van der Waals surface area contributed by atoms with Gasteiger partial charge in [0.1, 0.15) is 11.5 Å². The molecule has 2 heterocycles. The minimum atomic E-state index is -1.63. The number of nitriles is 1. The second kappa shape index (κ2) is 9.37. The Balaban J connectivity index is 1.58. The number of nitrogens with zero attached hydrogens (tertiary/aromatic N) is 3. The van der Waals surface area contributed by atoms with Crippen molar-refractivity contribution in [3.05, 3.63) is 94.9 Å². The number of Topliss-reactive ketones (excluding diaryl/α,β-unsaturated/α-hetero) is 1. The Hall–Kier alpha value is -3.93. The molecule has 172 valence electrons. The summed E-state index contributed by atoms with van der Waals surface area (Å²) in [6.07, 6.45) is 0. The van der Waals surface area contributed by atoms with E-state index in [0.717, 1.165) is 16.2 Å². The standard InChI is InChI=1S/C26H16ClFN4O2S/c27-15-4-3-5-18(12-15)32-24-19-6-1-2-7-22(19)35-14-21(24)23(31-32)25(33)20(13-29)26(34)30-17-10-8-16(28)9-11-17/h1-12,20H,14H2,(H,30,34). The van der Waals surface area contributed by atoms with Crippen molar-refractivity contribution < 1.29 is 14.0 Å². The van der Waals surface area contributed by atoms with E-state index in [1.54, 1.807) is 40.7 Å². The van der Waals surface area contributed by atoms with Crippen LogP contribution in [0.25, 0.3) is 16.9 Å². The van der Waals surface area contributed by atoms with Gasteiger partial charge in [0.25, 0.3) is 0 Å². The van der Waals surface area contributed by atoms with Crippen LogP contribution in [0.5, 0.6) is 0 Å². The van der Waals surface area contributed by atoms with Gasteiger partial charge in [0.05, 0.1) is 17.5 Å². The third-order valence-corrected chi connectivity index (χ3v) is 6.88. The molecule has 0 saturated heterocycles. The number of hydrogen-bond acceptors (Lipinski definition) is 5. The molecule has 0 aliphatic carbocycles. The van der Waals surface area contributed by atoms with E-state index in [4.69, 9.17) is 11.6 Å². The summed E-state index contributed by atoms with van der Waals surface area (Å²) in [5.74, 6) is -3.16. The van der Waals surface area contributed by atoms with Gasteiger partial charge in [0.2, 0.25) is 11.7 Å². The van der Waals surface area contributed by atoms with Crippen LogP contribution in [0.1, 0.15) is 16.1 Å². The summed E-state index contributed by atoms with van der Waals surface area (Å²) < 4.78 is 14.8. The molecule has 3 aromatic carbocycles. The zero-order valence-corrected chi connectivity index (χ0v) is 19.6. The molecule has 1 amide bonds. The van der Waals surface area contributed by atoms with Crippen molar-refractivity contribution in [2.24, 2.45) is 5.92 Å². The van der Waals surface area contributed by atoms with Crippen molar-refractivity contribution in [1.29, 1.82) is 5.26 Å². The van der Waals surface area contributed by atoms with Crippen LogP contribution >= 0.6 is 23.4 Å². The first-order valence-corrected chi connectivity index (χ1v) is 11.9. The molecule has 5 rings (SSSR count). The summed E-state index contributed by atoms with van der Waals surface area (Å²) in [6, 6.07) is 21.7. The Morgan fingerprint density at radius 1 is 1.11 bits per heavy atom. The van der Waals surface area contributed by atoms with Crippen LogP contribution in [0.3, 0.4) is 0 Å². The van der Waals surface area contributed by atoms with Crippen LogP contribution in [0.15, 0.2) is 77.7 Å². The van der Waals surface area contributed by atoms with Crippen molar-refractivity contribution in [1.82, 2.24) is 9.78 Å². The van der Waals surface area contributed by atoms with Gasteiger partial charge in [0, 0.05) is 32.5 Å². The lowest BCUT2D eigenvalue weighted by atomic mass is 9.97. The number of ketones is 1. The van der Waals surface area contributed by atoms with Gasteiger partial charge in [-0.2, -0.15) is 10.4 Å². The lowest BCUT2D eigenvalue weighted by Crippen LogP contribution is -2.29. The second-order valence-electron chi connectivity index (χ2n) is 7.77. The van der Waals surface area contributed by atoms with Crippen LogP contribution in [0.4, 0.5) is 10.1 Å². The average molecular weight is 503 g/mol. The number of fused-ring (bicyclic) bond motifs is 3. The molecule has 1 aromatic heterocycles. The molecule has 1 unspecified atom stereocenters. The number of aromatic nitrogens is 2. The van der Waals surface area contributed by atoms with Crippen molar-refractivity contribution in [2.75, 3.05) is 5.32 Å². The quantitative estimate of drug-likeness (QED) is 0.271. The maximum atomic E-state index is 13.5. The molecule has 0 spiro atoms. The van der Waals surface area contributed by atoms with Gasteiger partial charge < -0.3 is 5.32 Å². The Morgan fingerprint density at radius 3 is 2.63 bits per heavy atom. The summed E-state index contributed by atoms with van der Waals surface area (Å²) in [7, 11) is 0. The zero-order chi connectivity index (χ0) is 24.5. The van der Waals surface area contributed by atoms with Gasteiger partial charge in [-0.25, -0.2) is 9.07 Å². The lowest BCUT2D eigenvalue weighted by Gasteiger charge is -2.18. The highest BCUT2D eigenvalue weighted by molar-refractivity contribution is 7.98. The minimum Gasteiger partial charge on any atom is -0.325 e. The third kappa shape index (κ3) is 4.32. The number of rotatable bonds is 5. The largest absolute Gasteiger partial charge is 0.325 e. The van der Waals surface area contributed by atoms with Gasteiger partial charge in [0.15, 0.2) is 5.92 Å². The predicted molar refractivity (Wildman–Crippen MR) is 132 cm³/mol. The number of benzene rings is 3. The first kappa shape index (κ1) is 22.8. The Labute approximate surface area is 209 Å². The van der Waals surface area contributed by atoms with Gasteiger partial charge in [-0.1, -0.05) is 35.9 Å². The molecule has 6 nitrogen and oxygen atoms in total. The van der Waals surface area contributed by atoms with Crippen molar-refractivity contribution >= 4 is 40.7 Å².